The van der Waals surface area contributed by atoms with Crippen LogP contribution in [-0.4, -0.2) is 46.1 Å². The summed E-state index contributed by atoms with van der Waals surface area (Å²) in [5, 5.41) is 9.44. The molecule has 1 aliphatic heterocycles. The minimum Gasteiger partial charge on any atom is -0.353 e. The Labute approximate surface area is 145 Å². The van der Waals surface area contributed by atoms with E-state index >= 15 is 0 Å². The molecule has 8 heteroatoms. The maximum Gasteiger partial charge on any atom is 0.318 e. The average Bonchev–Trinajstić information content (AvgIpc) is 3.07. The van der Waals surface area contributed by atoms with Crippen molar-refractivity contribution >= 4 is 11.9 Å². The van der Waals surface area contributed by atoms with Crippen LogP contribution in [0.4, 0.5) is 4.79 Å². The quantitative estimate of drug-likeness (QED) is 0.846. The number of benzene rings is 1. The van der Waals surface area contributed by atoms with Crippen molar-refractivity contribution in [2.45, 2.75) is 32.4 Å². The third-order valence-electron chi connectivity index (χ3n) is 4.08. The van der Waals surface area contributed by atoms with Gasteiger partial charge < -0.3 is 20.1 Å². The third kappa shape index (κ3) is 4.14. The number of nitrogens with zero attached hydrogens (tertiary/aromatic N) is 3. The summed E-state index contributed by atoms with van der Waals surface area (Å²) in [6.45, 7) is 2.96. The van der Waals surface area contributed by atoms with E-state index in [9.17, 15) is 9.59 Å². The van der Waals surface area contributed by atoms with E-state index in [4.69, 9.17) is 4.52 Å². The molecule has 1 saturated heterocycles. The SMILES string of the molecule is CC[C@@H]1C(=O)NCCN1C(=O)NCc1nc(Cc2ccccc2)no1. The molecule has 3 amide bonds. The Morgan fingerprint density at radius 1 is 1.40 bits per heavy atom. The van der Waals surface area contributed by atoms with Gasteiger partial charge in [-0.1, -0.05) is 42.4 Å². The first-order chi connectivity index (χ1) is 12.2. The van der Waals surface area contributed by atoms with Gasteiger partial charge in [0.2, 0.25) is 11.8 Å². The molecule has 1 aromatic heterocycles. The Balaban J connectivity index is 1.55. The summed E-state index contributed by atoms with van der Waals surface area (Å²) in [6.07, 6.45) is 1.14. The smallest absolute Gasteiger partial charge is 0.318 e. The average molecular weight is 343 g/mol. The number of urea groups is 1. The molecule has 3 rings (SSSR count). The number of nitrogens with one attached hydrogen (secondary N) is 2. The summed E-state index contributed by atoms with van der Waals surface area (Å²) in [6, 6.07) is 9.10. The summed E-state index contributed by atoms with van der Waals surface area (Å²) >= 11 is 0. The van der Waals surface area contributed by atoms with Crippen LogP contribution in [-0.2, 0) is 17.8 Å². The van der Waals surface area contributed by atoms with Crippen molar-refractivity contribution in [3.05, 3.63) is 47.6 Å². The fourth-order valence-corrected chi connectivity index (χ4v) is 2.83. The highest BCUT2D eigenvalue weighted by molar-refractivity contribution is 5.88. The van der Waals surface area contributed by atoms with Crippen molar-refractivity contribution < 1.29 is 14.1 Å². The van der Waals surface area contributed by atoms with Gasteiger partial charge >= 0.3 is 6.03 Å². The van der Waals surface area contributed by atoms with Crippen LogP contribution in [0.25, 0.3) is 0 Å². The van der Waals surface area contributed by atoms with Crippen molar-refractivity contribution in [1.29, 1.82) is 0 Å². The van der Waals surface area contributed by atoms with Crippen LogP contribution in [0, 0.1) is 0 Å². The van der Waals surface area contributed by atoms with E-state index in [0.717, 1.165) is 5.56 Å². The fraction of sp³-hybridized carbons (Fsp3) is 0.412. The molecule has 0 aliphatic carbocycles. The first-order valence-electron chi connectivity index (χ1n) is 8.35. The molecular formula is C17H21N5O3. The molecule has 132 valence electrons. The summed E-state index contributed by atoms with van der Waals surface area (Å²) in [5.74, 6) is 0.792. The van der Waals surface area contributed by atoms with E-state index in [1.165, 1.54) is 0 Å². The Bertz CT molecular complexity index is 731. The van der Waals surface area contributed by atoms with Crippen LogP contribution in [0.1, 0.15) is 30.6 Å². The maximum absolute atomic E-state index is 12.3. The van der Waals surface area contributed by atoms with Crippen molar-refractivity contribution in [2.24, 2.45) is 0 Å². The van der Waals surface area contributed by atoms with Crippen LogP contribution in [0.3, 0.4) is 0 Å². The lowest BCUT2D eigenvalue weighted by atomic mass is 10.1. The van der Waals surface area contributed by atoms with Gasteiger partial charge in [0.15, 0.2) is 5.82 Å². The zero-order chi connectivity index (χ0) is 17.6. The second-order valence-corrected chi connectivity index (χ2v) is 5.83. The number of hydrogen-bond acceptors (Lipinski definition) is 5. The molecule has 0 unspecified atom stereocenters. The number of amides is 3. The monoisotopic (exact) mass is 343 g/mol. The van der Waals surface area contributed by atoms with Gasteiger partial charge in [0, 0.05) is 19.5 Å². The Kier molecular flexibility index (Phi) is 5.27. The van der Waals surface area contributed by atoms with Gasteiger partial charge in [0.05, 0.1) is 6.54 Å². The largest absolute Gasteiger partial charge is 0.353 e. The normalized spacial score (nSPS) is 17.2. The van der Waals surface area contributed by atoms with Crippen molar-refractivity contribution in [2.75, 3.05) is 13.1 Å². The van der Waals surface area contributed by atoms with Gasteiger partial charge in [-0.3, -0.25) is 4.79 Å². The van der Waals surface area contributed by atoms with Crippen LogP contribution < -0.4 is 10.6 Å². The van der Waals surface area contributed by atoms with Gasteiger partial charge in [-0.2, -0.15) is 4.98 Å². The molecule has 2 N–H and O–H groups in total. The van der Waals surface area contributed by atoms with Crippen LogP contribution in [0.2, 0.25) is 0 Å². The molecule has 0 radical (unpaired) electrons. The molecule has 25 heavy (non-hydrogen) atoms. The molecular weight excluding hydrogens is 322 g/mol. The Morgan fingerprint density at radius 2 is 2.20 bits per heavy atom. The molecule has 2 aromatic rings. The number of rotatable bonds is 5. The van der Waals surface area contributed by atoms with Crippen LogP contribution >= 0.6 is 0 Å². The van der Waals surface area contributed by atoms with Gasteiger partial charge in [0.25, 0.3) is 0 Å². The summed E-state index contributed by atoms with van der Waals surface area (Å²) in [4.78, 5) is 30.0. The van der Waals surface area contributed by atoms with E-state index in [-0.39, 0.29) is 18.5 Å². The van der Waals surface area contributed by atoms with E-state index in [2.05, 4.69) is 20.8 Å². The molecule has 1 fully saturated rings. The molecule has 0 spiro atoms. The Hall–Kier alpha value is -2.90. The summed E-state index contributed by atoms with van der Waals surface area (Å²) in [5.41, 5.74) is 1.09. The van der Waals surface area contributed by atoms with Crippen molar-refractivity contribution in [3.8, 4) is 0 Å². The van der Waals surface area contributed by atoms with E-state index < -0.39 is 6.04 Å². The number of piperazine rings is 1. The van der Waals surface area contributed by atoms with E-state index in [1.807, 2.05) is 37.3 Å². The predicted molar refractivity (Wildman–Crippen MR) is 89.6 cm³/mol. The van der Waals surface area contributed by atoms with Crippen LogP contribution in [0.5, 0.6) is 0 Å². The number of carbonyl (C=O) groups excluding carboxylic acids is 2. The molecule has 1 aliphatic rings. The molecule has 0 bridgehead atoms. The first-order valence-corrected chi connectivity index (χ1v) is 8.35. The standard InChI is InChI=1S/C17H21N5O3/c1-2-13-16(23)18-8-9-22(13)17(24)19-11-15-20-14(21-25-15)10-12-6-4-3-5-7-12/h3-7,13H,2,8-11H2,1H3,(H,18,23)(H,19,24)/t13-/m1/s1. The third-order valence-corrected chi connectivity index (χ3v) is 4.08. The zero-order valence-electron chi connectivity index (χ0n) is 14.1. The van der Waals surface area contributed by atoms with Gasteiger partial charge in [-0.05, 0) is 12.0 Å². The lowest BCUT2D eigenvalue weighted by Gasteiger charge is -2.34. The predicted octanol–water partition coefficient (Wildman–Crippen LogP) is 1.08. The molecule has 8 nitrogen and oxygen atoms in total. The lowest BCUT2D eigenvalue weighted by molar-refractivity contribution is -0.127. The fourth-order valence-electron chi connectivity index (χ4n) is 2.83. The minimum absolute atomic E-state index is 0.119. The highest BCUT2D eigenvalue weighted by Crippen LogP contribution is 2.10. The lowest BCUT2D eigenvalue weighted by Crippen LogP contribution is -2.59. The zero-order valence-corrected chi connectivity index (χ0v) is 14.1. The van der Waals surface area contributed by atoms with Gasteiger partial charge in [-0.25, -0.2) is 4.79 Å². The summed E-state index contributed by atoms with van der Waals surface area (Å²) < 4.78 is 5.18. The molecule has 2 heterocycles. The van der Waals surface area contributed by atoms with Crippen molar-refractivity contribution in [1.82, 2.24) is 25.7 Å². The highest BCUT2D eigenvalue weighted by atomic mass is 16.5. The van der Waals surface area contributed by atoms with Gasteiger partial charge in [0.1, 0.15) is 6.04 Å². The first kappa shape index (κ1) is 16.9. The Morgan fingerprint density at radius 3 is 2.96 bits per heavy atom. The van der Waals surface area contributed by atoms with E-state index in [1.54, 1.807) is 4.90 Å². The van der Waals surface area contributed by atoms with Crippen LogP contribution in [0.15, 0.2) is 34.9 Å². The molecule has 0 saturated carbocycles. The highest BCUT2D eigenvalue weighted by Gasteiger charge is 2.31. The van der Waals surface area contributed by atoms with Crippen molar-refractivity contribution in [3.63, 3.8) is 0 Å². The number of aromatic nitrogens is 2. The van der Waals surface area contributed by atoms with E-state index in [0.29, 0.717) is 37.6 Å². The summed E-state index contributed by atoms with van der Waals surface area (Å²) in [7, 11) is 0. The second-order valence-electron chi connectivity index (χ2n) is 5.83. The second kappa shape index (κ2) is 7.78. The van der Waals surface area contributed by atoms with Gasteiger partial charge in [-0.15, -0.1) is 0 Å². The number of hydrogen-bond donors (Lipinski definition) is 2. The maximum atomic E-state index is 12.3. The topological polar surface area (TPSA) is 100 Å². The molecule has 1 atom stereocenters. The molecule has 1 aromatic carbocycles. The minimum atomic E-state index is -0.440. The number of carbonyl (C=O) groups is 2.